The largest absolute Gasteiger partial charge is 0.389 e. The van der Waals surface area contributed by atoms with Crippen LogP contribution >= 0.6 is 15.9 Å². The van der Waals surface area contributed by atoms with E-state index in [-0.39, 0.29) is 6.04 Å². The maximum Gasteiger partial charge on any atom is 0.232 e. The molecule has 0 unspecified atom stereocenters. The first-order chi connectivity index (χ1) is 15.4. The van der Waals surface area contributed by atoms with Gasteiger partial charge in [-0.3, -0.25) is 0 Å². The van der Waals surface area contributed by atoms with Crippen LogP contribution < -0.4 is 9.80 Å². The predicted octanol–water partition coefficient (Wildman–Crippen LogP) is 4.00. The lowest BCUT2D eigenvalue weighted by Crippen LogP contribution is -2.38. The number of aromatic nitrogens is 6. The van der Waals surface area contributed by atoms with Crippen LogP contribution in [0.4, 0.5) is 11.9 Å². The van der Waals surface area contributed by atoms with Gasteiger partial charge in [0.15, 0.2) is 5.65 Å². The molecule has 9 nitrogen and oxygen atoms in total. The van der Waals surface area contributed by atoms with Crippen LogP contribution in [-0.4, -0.2) is 59.9 Å². The van der Waals surface area contributed by atoms with E-state index in [9.17, 15) is 5.11 Å². The van der Waals surface area contributed by atoms with Crippen molar-refractivity contribution in [3.05, 3.63) is 39.8 Å². The summed E-state index contributed by atoms with van der Waals surface area (Å²) in [5.41, 5.74) is 4.22. The lowest BCUT2D eigenvalue weighted by atomic mass is 10.1. The van der Waals surface area contributed by atoms with E-state index >= 15 is 0 Å². The summed E-state index contributed by atoms with van der Waals surface area (Å²) in [7, 11) is 1.88. The summed E-state index contributed by atoms with van der Waals surface area (Å²) in [4.78, 5) is 21.8. The second kappa shape index (κ2) is 8.57. The van der Waals surface area contributed by atoms with E-state index in [4.69, 9.17) is 9.97 Å². The van der Waals surface area contributed by atoms with Crippen LogP contribution in [0.3, 0.4) is 0 Å². The number of rotatable bonds is 7. The molecule has 0 spiro atoms. The third kappa shape index (κ3) is 4.81. The highest BCUT2D eigenvalue weighted by molar-refractivity contribution is 9.10. The highest BCUT2D eigenvalue weighted by atomic mass is 79.9. The number of nitrogens with one attached hydrogen (secondary N) is 1. The van der Waals surface area contributed by atoms with Crippen molar-refractivity contribution in [2.45, 2.75) is 59.7 Å². The SMILES string of the molecule is Cc1cc2nc(CN(c3nc(N(C)CC(C)(C)O)nc4c(Br)cnn34)C(C)C)[nH]c2cc1C. The molecule has 10 heteroatoms. The number of fused-ring (bicyclic) bond motifs is 2. The normalized spacial score (nSPS) is 12.3. The smallest absolute Gasteiger partial charge is 0.232 e. The molecule has 3 heterocycles. The topological polar surface area (TPSA) is 98.5 Å². The van der Waals surface area contributed by atoms with Gasteiger partial charge in [-0.05, 0) is 80.7 Å². The quantitative estimate of drug-likeness (QED) is 0.384. The van der Waals surface area contributed by atoms with E-state index in [1.165, 1.54) is 11.1 Å². The molecule has 0 radical (unpaired) electrons. The summed E-state index contributed by atoms with van der Waals surface area (Å²) < 4.78 is 2.52. The Morgan fingerprint density at radius 2 is 1.85 bits per heavy atom. The Morgan fingerprint density at radius 3 is 2.52 bits per heavy atom. The van der Waals surface area contributed by atoms with Crippen LogP contribution in [0.25, 0.3) is 16.7 Å². The minimum absolute atomic E-state index is 0.121. The van der Waals surface area contributed by atoms with Gasteiger partial charge in [-0.1, -0.05) is 0 Å². The van der Waals surface area contributed by atoms with E-state index in [1.54, 1.807) is 24.6 Å². The Labute approximate surface area is 202 Å². The minimum atomic E-state index is -0.885. The lowest BCUT2D eigenvalue weighted by Gasteiger charge is -2.29. The molecule has 0 aliphatic rings. The third-order valence-corrected chi connectivity index (χ3v) is 6.17. The number of hydrogen-bond acceptors (Lipinski definition) is 7. The Morgan fingerprint density at radius 1 is 1.15 bits per heavy atom. The molecule has 3 aromatic heterocycles. The fraction of sp³-hybridized carbons (Fsp3) is 0.478. The molecule has 0 atom stereocenters. The Kier molecular flexibility index (Phi) is 6.09. The van der Waals surface area contributed by atoms with Gasteiger partial charge in [-0.2, -0.15) is 19.6 Å². The monoisotopic (exact) mass is 514 g/mol. The van der Waals surface area contributed by atoms with Crippen molar-refractivity contribution in [1.82, 2.24) is 29.5 Å². The Balaban J connectivity index is 1.78. The molecule has 2 N–H and O–H groups in total. The number of halogens is 1. The number of nitrogens with zero attached hydrogens (tertiary/aromatic N) is 7. The van der Waals surface area contributed by atoms with E-state index < -0.39 is 5.60 Å². The molecule has 33 heavy (non-hydrogen) atoms. The van der Waals surface area contributed by atoms with Crippen LogP contribution in [0.15, 0.2) is 22.8 Å². The zero-order chi connectivity index (χ0) is 24.1. The van der Waals surface area contributed by atoms with Crippen molar-refractivity contribution in [3.63, 3.8) is 0 Å². The maximum atomic E-state index is 10.3. The summed E-state index contributed by atoms with van der Waals surface area (Å²) in [6.07, 6.45) is 1.72. The Bertz CT molecular complexity index is 1260. The molecule has 0 amide bonds. The van der Waals surface area contributed by atoms with Gasteiger partial charge in [-0.25, -0.2) is 4.98 Å². The van der Waals surface area contributed by atoms with E-state index in [2.05, 4.69) is 75.7 Å². The molecule has 0 bridgehead atoms. The predicted molar refractivity (Wildman–Crippen MR) is 135 cm³/mol. The van der Waals surface area contributed by atoms with Crippen molar-refractivity contribution in [3.8, 4) is 0 Å². The molecule has 0 saturated heterocycles. The lowest BCUT2D eigenvalue weighted by molar-refractivity contribution is 0.0883. The molecule has 4 aromatic rings. The van der Waals surface area contributed by atoms with Gasteiger partial charge in [-0.15, -0.1) is 0 Å². The Hall–Kier alpha value is -2.72. The highest BCUT2D eigenvalue weighted by Crippen LogP contribution is 2.26. The molecular formula is C23H31BrN8O. The maximum absolute atomic E-state index is 10.3. The van der Waals surface area contributed by atoms with Crippen LogP contribution in [0.1, 0.15) is 44.6 Å². The van der Waals surface area contributed by atoms with Crippen molar-refractivity contribution < 1.29 is 5.11 Å². The number of anilines is 2. The summed E-state index contributed by atoms with van der Waals surface area (Å²) in [6.45, 7) is 12.9. The zero-order valence-electron chi connectivity index (χ0n) is 20.2. The average molecular weight is 515 g/mol. The van der Waals surface area contributed by atoms with Gasteiger partial charge in [0.25, 0.3) is 0 Å². The van der Waals surface area contributed by atoms with Gasteiger partial charge in [0.05, 0.1) is 33.8 Å². The van der Waals surface area contributed by atoms with Gasteiger partial charge >= 0.3 is 0 Å². The van der Waals surface area contributed by atoms with Crippen LogP contribution in [-0.2, 0) is 6.54 Å². The standard InChI is InChI=1S/C23H31BrN8O/c1-13(2)31(11-19-26-17-8-14(3)15(4)9-18(17)27-19)22-29-21(30(7)12-23(5,6)33)28-20-16(24)10-25-32(20)22/h8-10,13,33H,11-12H2,1-7H3,(H,26,27). The third-order valence-electron chi connectivity index (χ3n) is 5.61. The number of benzene rings is 1. The number of likely N-dealkylation sites (N-methyl/N-ethyl adjacent to an activating group) is 1. The van der Waals surface area contributed by atoms with Crippen LogP contribution in [0.5, 0.6) is 0 Å². The van der Waals surface area contributed by atoms with Crippen LogP contribution in [0.2, 0.25) is 0 Å². The highest BCUT2D eigenvalue weighted by Gasteiger charge is 2.24. The van der Waals surface area contributed by atoms with Crippen molar-refractivity contribution in [1.29, 1.82) is 0 Å². The van der Waals surface area contributed by atoms with Gasteiger partial charge < -0.3 is 19.9 Å². The van der Waals surface area contributed by atoms with Gasteiger partial charge in [0, 0.05) is 19.6 Å². The summed E-state index contributed by atoms with van der Waals surface area (Å²) >= 11 is 3.56. The molecule has 0 fully saturated rings. The molecule has 1 aromatic carbocycles. The van der Waals surface area contributed by atoms with Crippen molar-refractivity contribution in [2.75, 3.05) is 23.4 Å². The number of aryl methyl sites for hydroxylation is 2. The average Bonchev–Trinajstić information content (AvgIpc) is 3.27. The first kappa shape index (κ1) is 23.4. The summed E-state index contributed by atoms with van der Waals surface area (Å²) in [6, 6.07) is 4.37. The van der Waals surface area contributed by atoms with Crippen LogP contribution in [0, 0.1) is 13.8 Å². The van der Waals surface area contributed by atoms with Gasteiger partial charge in [0.1, 0.15) is 5.82 Å². The second-order valence-corrected chi connectivity index (χ2v) is 10.4. The molecule has 176 valence electrons. The summed E-state index contributed by atoms with van der Waals surface area (Å²) in [5.74, 6) is 2.03. The summed E-state index contributed by atoms with van der Waals surface area (Å²) in [5, 5.41) is 14.8. The zero-order valence-corrected chi connectivity index (χ0v) is 21.8. The number of hydrogen-bond donors (Lipinski definition) is 2. The molecule has 0 saturated carbocycles. The molecule has 0 aliphatic carbocycles. The van der Waals surface area contributed by atoms with Gasteiger partial charge in [0.2, 0.25) is 11.9 Å². The molecule has 4 rings (SSSR count). The minimum Gasteiger partial charge on any atom is -0.389 e. The van der Waals surface area contributed by atoms with E-state index in [0.717, 1.165) is 21.3 Å². The number of aliphatic hydroxyl groups is 1. The van der Waals surface area contributed by atoms with Crippen molar-refractivity contribution in [2.24, 2.45) is 0 Å². The first-order valence-corrected chi connectivity index (χ1v) is 11.8. The molecule has 0 aliphatic heterocycles. The van der Waals surface area contributed by atoms with E-state index in [0.29, 0.717) is 30.6 Å². The fourth-order valence-electron chi connectivity index (χ4n) is 3.88. The number of aromatic amines is 1. The number of H-pyrrole nitrogens is 1. The van der Waals surface area contributed by atoms with Crippen molar-refractivity contribution >= 4 is 44.5 Å². The fourth-order valence-corrected chi connectivity index (χ4v) is 4.22. The number of imidazole rings is 1. The second-order valence-electron chi connectivity index (χ2n) is 9.58. The molecular weight excluding hydrogens is 484 g/mol. The first-order valence-electron chi connectivity index (χ1n) is 11.0. The van der Waals surface area contributed by atoms with E-state index in [1.807, 2.05) is 11.9 Å².